The van der Waals surface area contributed by atoms with E-state index in [1.165, 1.54) is 11.3 Å². The van der Waals surface area contributed by atoms with E-state index in [-0.39, 0.29) is 6.04 Å². The Kier molecular flexibility index (Phi) is 5.12. The van der Waals surface area contributed by atoms with Gasteiger partial charge in [-0.3, -0.25) is 9.36 Å². The summed E-state index contributed by atoms with van der Waals surface area (Å²) in [6.45, 7) is 10.3. The van der Waals surface area contributed by atoms with Crippen LogP contribution in [0.15, 0.2) is 6.33 Å². The van der Waals surface area contributed by atoms with Crippen molar-refractivity contribution in [2.45, 2.75) is 53.1 Å². The molecule has 0 saturated carbocycles. The van der Waals surface area contributed by atoms with Gasteiger partial charge in [-0.25, -0.2) is 4.98 Å². The van der Waals surface area contributed by atoms with Crippen molar-refractivity contribution in [3.8, 4) is 0 Å². The van der Waals surface area contributed by atoms with Crippen molar-refractivity contribution in [1.29, 1.82) is 0 Å². The first-order chi connectivity index (χ1) is 10.1. The van der Waals surface area contributed by atoms with Crippen LogP contribution in [0.1, 0.15) is 49.1 Å². The summed E-state index contributed by atoms with van der Waals surface area (Å²) >= 11 is 0. The van der Waals surface area contributed by atoms with Crippen molar-refractivity contribution in [3.63, 3.8) is 0 Å². The Morgan fingerprint density at radius 1 is 1.29 bits per heavy atom. The third-order valence-corrected chi connectivity index (χ3v) is 3.88. The highest BCUT2D eigenvalue weighted by Gasteiger charge is 2.21. The molecule has 116 valence electrons. The van der Waals surface area contributed by atoms with Gasteiger partial charge in [0.05, 0.1) is 5.69 Å². The fraction of sp³-hybridized carbons (Fsp3) is 0.667. The normalized spacial score (nSPS) is 12.8. The molecule has 2 rings (SSSR count). The Morgan fingerprint density at radius 2 is 2.05 bits per heavy atom. The number of rotatable bonds is 7. The molecule has 21 heavy (non-hydrogen) atoms. The Morgan fingerprint density at radius 3 is 2.62 bits per heavy atom. The molecule has 2 heterocycles. The molecule has 2 aromatic rings. The molecule has 1 atom stereocenters. The van der Waals surface area contributed by atoms with Gasteiger partial charge in [0.1, 0.15) is 12.2 Å². The van der Waals surface area contributed by atoms with Crippen molar-refractivity contribution in [3.05, 3.63) is 29.1 Å². The van der Waals surface area contributed by atoms with Gasteiger partial charge in [-0.1, -0.05) is 13.8 Å². The molecule has 2 aromatic heterocycles. The smallest absolute Gasteiger partial charge is 0.138 e. The van der Waals surface area contributed by atoms with Crippen molar-refractivity contribution in [2.24, 2.45) is 7.05 Å². The predicted molar refractivity (Wildman–Crippen MR) is 83.1 cm³/mol. The zero-order chi connectivity index (χ0) is 15.4. The molecule has 6 nitrogen and oxygen atoms in total. The lowest BCUT2D eigenvalue weighted by Gasteiger charge is -2.19. The average Bonchev–Trinajstić information content (AvgIpc) is 2.96. The number of nitrogens with zero attached hydrogens (tertiary/aromatic N) is 5. The highest BCUT2D eigenvalue weighted by molar-refractivity contribution is 5.29. The molecule has 1 unspecified atom stereocenters. The van der Waals surface area contributed by atoms with E-state index in [1.54, 1.807) is 6.33 Å². The van der Waals surface area contributed by atoms with Crippen LogP contribution in [0.25, 0.3) is 0 Å². The minimum atomic E-state index is 0.225. The first-order valence-corrected chi connectivity index (χ1v) is 7.68. The van der Waals surface area contributed by atoms with Crippen LogP contribution < -0.4 is 5.32 Å². The Hall–Kier alpha value is -1.69. The lowest BCUT2D eigenvalue weighted by molar-refractivity contribution is 0.495. The molecule has 0 aliphatic heterocycles. The van der Waals surface area contributed by atoms with E-state index in [0.29, 0.717) is 0 Å². The van der Waals surface area contributed by atoms with Crippen LogP contribution in [0, 0.1) is 13.8 Å². The SMILES string of the molecule is CCCn1ncnc1CC(NCC)c1c(C)nn(C)c1C. The number of nitrogens with one attached hydrogen (secondary N) is 1. The van der Waals surface area contributed by atoms with Gasteiger partial charge in [-0.05, 0) is 26.8 Å². The minimum Gasteiger partial charge on any atom is -0.310 e. The maximum atomic E-state index is 4.54. The van der Waals surface area contributed by atoms with Crippen LogP contribution in [-0.2, 0) is 20.0 Å². The lowest BCUT2D eigenvalue weighted by atomic mass is 10.0. The summed E-state index contributed by atoms with van der Waals surface area (Å²) in [5.41, 5.74) is 3.58. The Balaban J connectivity index is 2.29. The van der Waals surface area contributed by atoms with Gasteiger partial charge in [-0.2, -0.15) is 10.2 Å². The first kappa shape index (κ1) is 15.7. The van der Waals surface area contributed by atoms with E-state index in [4.69, 9.17) is 0 Å². The molecule has 0 spiro atoms. The summed E-state index contributed by atoms with van der Waals surface area (Å²) in [5.74, 6) is 1.03. The topological polar surface area (TPSA) is 60.6 Å². The number of hydrogen-bond acceptors (Lipinski definition) is 4. The molecular weight excluding hydrogens is 264 g/mol. The molecule has 1 N–H and O–H groups in total. The minimum absolute atomic E-state index is 0.225. The largest absolute Gasteiger partial charge is 0.310 e. The number of aromatic nitrogens is 5. The summed E-state index contributed by atoms with van der Waals surface area (Å²) < 4.78 is 3.96. The second kappa shape index (κ2) is 6.85. The molecule has 0 bridgehead atoms. The van der Waals surface area contributed by atoms with Gasteiger partial charge >= 0.3 is 0 Å². The highest BCUT2D eigenvalue weighted by Crippen LogP contribution is 2.24. The molecule has 6 heteroatoms. The third kappa shape index (κ3) is 3.32. The first-order valence-electron chi connectivity index (χ1n) is 7.68. The van der Waals surface area contributed by atoms with Crippen molar-refractivity contribution in [1.82, 2.24) is 29.9 Å². The van der Waals surface area contributed by atoms with Crippen LogP contribution in [0.4, 0.5) is 0 Å². The number of aryl methyl sites for hydroxylation is 3. The van der Waals surface area contributed by atoms with Gasteiger partial charge in [-0.15, -0.1) is 0 Å². The maximum absolute atomic E-state index is 4.54. The van der Waals surface area contributed by atoms with Crippen LogP contribution >= 0.6 is 0 Å². The Labute approximate surface area is 126 Å². The summed E-state index contributed by atoms with van der Waals surface area (Å²) in [6.07, 6.45) is 3.55. The Bertz CT molecular complexity index is 583. The van der Waals surface area contributed by atoms with Crippen LogP contribution in [0.5, 0.6) is 0 Å². The van der Waals surface area contributed by atoms with Gasteiger partial charge in [0.25, 0.3) is 0 Å². The van der Waals surface area contributed by atoms with E-state index < -0.39 is 0 Å². The summed E-state index contributed by atoms with van der Waals surface area (Å²) in [7, 11) is 1.99. The second-order valence-corrected chi connectivity index (χ2v) is 5.42. The van der Waals surface area contributed by atoms with Crippen LogP contribution in [0.2, 0.25) is 0 Å². The molecule has 0 amide bonds. The van der Waals surface area contributed by atoms with Crippen LogP contribution in [0.3, 0.4) is 0 Å². The molecule has 0 fully saturated rings. The molecule has 0 aliphatic carbocycles. The summed E-state index contributed by atoms with van der Waals surface area (Å²) in [6, 6.07) is 0.225. The second-order valence-electron chi connectivity index (χ2n) is 5.42. The van der Waals surface area contributed by atoms with E-state index in [9.17, 15) is 0 Å². The van der Waals surface area contributed by atoms with Gasteiger partial charge in [0.15, 0.2) is 0 Å². The van der Waals surface area contributed by atoms with E-state index in [1.807, 2.05) is 16.4 Å². The lowest BCUT2D eigenvalue weighted by Crippen LogP contribution is -2.25. The zero-order valence-corrected chi connectivity index (χ0v) is 13.7. The average molecular weight is 290 g/mol. The maximum Gasteiger partial charge on any atom is 0.138 e. The van der Waals surface area contributed by atoms with Gasteiger partial charge < -0.3 is 5.32 Å². The monoisotopic (exact) mass is 290 g/mol. The summed E-state index contributed by atoms with van der Waals surface area (Å²) in [4.78, 5) is 4.43. The third-order valence-electron chi connectivity index (χ3n) is 3.88. The molecule has 0 aliphatic rings. The molecule has 0 aromatic carbocycles. The zero-order valence-electron chi connectivity index (χ0n) is 13.7. The predicted octanol–water partition coefficient (Wildman–Crippen LogP) is 1.93. The molecule has 0 radical (unpaired) electrons. The molecular formula is C15H26N6. The number of likely N-dealkylation sites (N-methyl/N-ethyl adjacent to an activating group) is 1. The van der Waals surface area contributed by atoms with Crippen molar-refractivity contribution < 1.29 is 0 Å². The van der Waals surface area contributed by atoms with E-state index in [0.717, 1.165) is 37.4 Å². The van der Waals surface area contributed by atoms with Gasteiger partial charge in [0.2, 0.25) is 0 Å². The van der Waals surface area contributed by atoms with E-state index in [2.05, 4.69) is 48.2 Å². The fourth-order valence-electron chi connectivity index (χ4n) is 2.84. The molecule has 0 saturated heterocycles. The summed E-state index contributed by atoms with van der Waals surface area (Å²) in [5, 5.41) is 12.4. The number of hydrogen-bond donors (Lipinski definition) is 1. The standard InChI is InChI=1S/C15H26N6/c1-6-8-21-14(17-10-18-21)9-13(16-7-2)15-11(3)19-20(5)12(15)4/h10,13,16H,6-9H2,1-5H3. The van der Waals surface area contributed by atoms with E-state index >= 15 is 0 Å². The van der Waals surface area contributed by atoms with Crippen molar-refractivity contribution >= 4 is 0 Å². The van der Waals surface area contributed by atoms with Crippen molar-refractivity contribution in [2.75, 3.05) is 6.54 Å². The highest BCUT2D eigenvalue weighted by atomic mass is 15.3. The van der Waals surface area contributed by atoms with Gasteiger partial charge in [0, 0.05) is 37.3 Å². The quantitative estimate of drug-likeness (QED) is 0.846. The fourth-order valence-corrected chi connectivity index (χ4v) is 2.84. The van der Waals surface area contributed by atoms with Crippen LogP contribution in [-0.4, -0.2) is 31.1 Å².